The average molecular weight is 578 g/mol. The molecule has 1 amide bonds. The Bertz CT molecular complexity index is 1590. The summed E-state index contributed by atoms with van der Waals surface area (Å²) >= 11 is 3.44. The van der Waals surface area contributed by atoms with Crippen molar-refractivity contribution in [1.82, 2.24) is 4.90 Å². The minimum atomic E-state index is -1.74. The Kier molecular flexibility index (Phi) is 6.62. The lowest BCUT2D eigenvalue weighted by molar-refractivity contribution is -0.131. The highest BCUT2D eigenvalue weighted by atomic mass is 79.9. The van der Waals surface area contributed by atoms with Crippen LogP contribution >= 0.6 is 15.9 Å². The van der Waals surface area contributed by atoms with Gasteiger partial charge in [0.05, 0.1) is 21.3 Å². The minimum Gasteiger partial charge on any atom is -0.503 e. The highest BCUT2D eigenvalue weighted by Gasteiger charge is 2.54. The summed E-state index contributed by atoms with van der Waals surface area (Å²) < 4.78 is 23.0. The number of aliphatic hydroxyl groups excluding tert-OH is 1. The van der Waals surface area contributed by atoms with Gasteiger partial charge in [-0.15, -0.1) is 0 Å². The monoisotopic (exact) mass is 577 g/mol. The molecule has 1 atom stereocenters. The molecule has 8 nitrogen and oxygen atoms in total. The number of fused-ring (bicyclic) bond motifs is 1. The molecule has 9 heteroatoms. The molecule has 0 radical (unpaired) electrons. The lowest BCUT2D eigenvalue weighted by Gasteiger charge is -2.36. The van der Waals surface area contributed by atoms with Gasteiger partial charge in [-0.2, -0.15) is 0 Å². The molecule has 1 N–H and O–H groups in total. The Balaban J connectivity index is 1.72. The average Bonchev–Trinajstić information content (AvgIpc) is 3.47. The number of ketones is 1. The molecule has 3 aromatic carbocycles. The number of methoxy groups -OCH3 is 3. The van der Waals surface area contributed by atoms with E-state index in [-0.39, 0.29) is 12.3 Å². The van der Waals surface area contributed by atoms with Gasteiger partial charge in [0.2, 0.25) is 5.78 Å². The third-order valence-electron chi connectivity index (χ3n) is 6.58. The van der Waals surface area contributed by atoms with Gasteiger partial charge in [-0.1, -0.05) is 34.1 Å². The maximum absolute atomic E-state index is 14.4. The Morgan fingerprint density at radius 2 is 1.76 bits per heavy atom. The van der Waals surface area contributed by atoms with Crippen molar-refractivity contribution in [3.8, 4) is 17.2 Å². The Morgan fingerprint density at radius 3 is 2.50 bits per heavy atom. The highest BCUT2D eigenvalue weighted by Crippen LogP contribution is 2.44. The van der Waals surface area contributed by atoms with Gasteiger partial charge in [0.1, 0.15) is 11.3 Å². The van der Waals surface area contributed by atoms with E-state index in [1.54, 1.807) is 55.6 Å². The number of rotatable bonds is 8. The van der Waals surface area contributed by atoms with E-state index in [9.17, 15) is 14.7 Å². The molecule has 4 aromatic rings. The van der Waals surface area contributed by atoms with E-state index in [4.69, 9.17) is 18.6 Å². The van der Waals surface area contributed by atoms with Gasteiger partial charge in [0.25, 0.3) is 5.91 Å². The van der Waals surface area contributed by atoms with Crippen LogP contribution in [0.5, 0.6) is 17.2 Å². The van der Waals surface area contributed by atoms with Gasteiger partial charge in [-0.05, 0) is 59.7 Å². The molecule has 0 saturated heterocycles. The predicted octanol–water partition coefficient (Wildman–Crippen LogP) is 5.78. The maximum atomic E-state index is 14.4. The van der Waals surface area contributed by atoms with E-state index in [0.717, 1.165) is 4.47 Å². The summed E-state index contributed by atoms with van der Waals surface area (Å²) in [7, 11) is 4.53. The molecule has 194 valence electrons. The second-order valence-electron chi connectivity index (χ2n) is 8.73. The van der Waals surface area contributed by atoms with E-state index < -0.39 is 23.0 Å². The summed E-state index contributed by atoms with van der Waals surface area (Å²) in [6, 6.07) is 19.1. The first-order chi connectivity index (χ1) is 18.3. The number of ether oxygens (including phenoxy) is 3. The largest absolute Gasteiger partial charge is 0.503 e. The molecule has 0 fully saturated rings. The van der Waals surface area contributed by atoms with Crippen LogP contribution in [0.15, 0.2) is 87.5 Å². The normalized spacial score (nSPS) is 17.0. The van der Waals surface area contributed by atoms with Crippen LogP contribution in [0.4, 0.5) is 0 Å². The van der Waals surface area contributed by atoms with Crippen molar-refractivity contribution in [3.05, 3.63) is 99.9 Å². The molecule has 38 heavy (non-hydrogen) atoms. The number of Topliss-reactive ketones (excluding diaryl/α,β-unsaturated/α-hetero) is 1. The zero-order valence-electron chi connectivity index (χ0n) is 20.9. The third kappa shape index (κ3) is 4.18. The topological polar surface area (TPSA) is 98.4 Å². The van der Waals surface area contributed by atoms with Gasteiger partial charge in [0.15, 0.2) is 28.6 Å². The van der Waals surface area contributed by atoms with Crippen LogP contribution in [0, 0.1) is 0 Å². The van der Waals surface area contributed by atoms with Gasteiger partial charge in [-0.25, -0.2) is 0 Å². The van der Waals surface area contributed by atoms with Crippen molar-refractivity contribution in [2.75, 3.05) is 21.3 Å². The summed E-state index contributed by atoms with van der Waals surface area (Å²) in [5.74, 6) is -0.342. The van der Waals surface area contributed by atoms with E-state index in [1.165, 1.54) is 25.2 Å². The summed E-state index contributed by atoms with van der Waals surface area (Å²) in [6.45, 7) is 0.00244. The lowest BCUT2D eigenvalue weighted by atomic mass is 9.83. The van der Waals surface area contributed by atoms with E-state index >= 15 is 0 Å². The number of hydrogen-bond donors (Lipinski definition) is 1. The smallest absolute Gasteiger partial charge is 0.290 e. The lowest BCUT2D eigenvalue weighted by Crippen LogP contribution is -2.49. The fraction of sp³-hybridized carbons (Fsp3) is 0.172. The number of halogens is 1. The molecule has 1 aromatic heterocycles. The standard InChI is InChI=1S/C29H24BrNO7/c1-35-21-6-4-5-17(11-21)16-31-28(34)22(32)15-29(31,19-7-9-24(36-2)25(14-19)37-3)27(33)26-13-18-12-20(30)8-10-23(18)38-26/h4-15,32H,16H2,1-3H3. The summed E-state index contributed by atoms with van der Waals surface area (Å²) in [5, 5.41) is 11.5. The van der Waals surface area contributed by atoms with E-state index in [0.29, 0.717) is 39.3 Å². The fourth-order valence-electron chi connectivity index (χ4n) is 4.73. The molecule has 1 aliphatic heterocycles. The first kappa shape index (κ1) is 25.4. The Morgan fingerprint density at radius 1 is 0.974 bits per heavy atom. The molecule has 0 spiro atoms. The van der Waals surface area contributed by atoms with Crippen molar-refractivity contribution in [2.45, 2.75) is 12.1 Å². The molecule has 2 heterocycles. The molecular formula is C29H24BrNO7. The maximum Gasteiger partial charge on any atom is 0.290 e. The first-order valence-electron chi connectivity index (χ1n) is 11.6. The molecule has 1 unspecified atom stereocenters. The van der Waals surface area contributed by atoms with Gasteiger partial charge in [0, 0.05) is 22.5 Å². The van der Waals surface area contributed by atoms with Crippen LogP contribution in [0.1, 0.15) is 21.7 Å². The predicted molar refractivity (Wildman–Crippen MR) is 144 cm³/mol. The molecule has 0 bridgehead atoms. The van der Waals surface area contributed by atoms with Crippen LogP contribution in [0.25, 0.3) is 11.0 Å². The zero-order valence-corrected chi connectivity index (χ0v) is 22.4. The number of carbonyl (C=O) groups is 2. The van der Waals surface area contributed by atoms with Crippen molar-refractivity contribution >= 4 is 38.6 Å². The number of carbonyl (C=O) groups excluding carboxylic acids is 2. The molecule has 0 aliphatic carbocycles. The van der Waals surface area contributed by atoms with Crippen molar-refractivity contribution in [2.24, 2.45) is 0 Å². The number of amides is 1. The van der Waals surface area contributed by atoms with Crippen molar-refractivity contribution in [3.63, 3.8) is 0 Å². The number of benzene rings is 3. The second-order valence-corrected chi connectivity index (χ2v) is 9.65. The number of aliphatic hydroxyl groups is 1. The molecular weight excluding hydrogens is 554 g/mol. The summed E-state index contributed by atoms with van der Waals surface area (Å²) in [5.41, 5.74) is -0.139. The minimum absolute atomic E-state index is 0.00244. The SMILES string of the molecule is COc1cccc(CN2C(=O)C(O)=CC2(C(=O)c2cc3cc(Br)ccc3o2)c2ccc(OC)c(OC)c2)c1. The van der Waals surface area contributed by atoms with Crippen LogP contribution in [-0.4, -0.2) is 43.0 Å². The van der Waals surface area contributed by atoms with Gasteiger partial charge in [-0.3, -0.25) is 9.59 Å². The van der Waals surface area contributed by atoms with Crippen LogP contribution < -0.4 is 14.2 Å². The molecule has 5 rings (SSSR count). The summed E-state index contributed by atoms with van der Waals surface area (Å²) in [6.07, 6.45) is 1.27. The number of hydrogen-bond acceptors (Lipinski definition) is 7. The van der Waals surface area contributed by atoms with Gasteiger partial charge >= 0.3 is 0 Å². The van der Waals surface area contributed by atoms with E-state index in [1.807, 2.05) is 18.2 Å². The van der Waals surface area contributed by atoms with Gasteiger partial charge < -0.3 is 28.6 Å². The van der Waals surface area contributed by atoms with Crippen LogP contribution in [-0.2, 0) is 16.9 Å². The number of nitrogens with zero attached hydrogens (tertiary/aromatic N) is 1. The van der Waals surface area contributed by atoms with Crippen molar-refractivity contribution in [1.29, 1.82) is 0 Å². The molecule has 1 aliphatic rings. The first-order valence-corrected chi connectivity index (χ1v) is 12.4. The van der Waals surface area contributed by atoms with Crippen LogP contribution in [0.3, 0.4) is 0 Å². The molecule has 0 saturated carbocycles. The third-order valence-corrected chi connectivity index (χ3v) is 7.08. The Labute approximate surface area is 227 Å². The summed E-state index contributed by atoms with van der Waals surface area (Å²) in [4.78, 5) is 29.2. The fourth-order valence-corrected chi connectivity index (χ4v) is 5.11. The Hall–Kier alpha value is -4.24. The quantitative estimate of drug-likeness (QED) is 0.265. The number of furan rings is 1. The highest BCUT2D eigenvalue weighted by molar-refractivity contribution is 9.10. The van der Waals surface area contributed by atoms with Crippen LogP contribution in [0.2, 0.25) is 0 Å². The second kappa shape index (κ2) is 9.90. The van der Waals surface area contributed by atoms with Crippen molar-refractivity contribution < 1.29 is 33.3 Å². The van der Waals surface area contributed by atoms with E-state index in [2.05, 4.69) is 15.9 Å². The zero-order chi connectivity index (χ0) is 27.0.